The van der Waals surface area contributed by atoms with Crippen molar-refractivity contribution in [1.82, 2.24) is 10.2 Å². The Kier molecular flexibility index (Phi) is 9.51. The molecule has 2 aromatic rings. The Morgan fingerprint density at radius 3 is 2.27 bits per heavy atom. The number of nitrogens with one attached hydrogen (secondary N) is 1. The van der Waals surface area contributed by atoms with Crippen LogP contribution in [0.2, 0.25) is 0 Å². The minimum absolute atomic E-state index is 0.0963. The summed E-state index contributed by atoms with van der Waals surface area (Å²) in [5, 5.41) is 2.82. The van der Waals surface area contributed by atoms with E-state index in [-0.39, 0.29) is 18.5 Å². The number of carbonyl (C=O) groups excluding carboxylic acids is 2. The average molecular weight is 603 g/mol. The third-order valence-corrected chi connectivity index (χ3v) is 7.47. The maximum absolute atomic E-state index is 13.5. The number of halogens is 2. The number of nitrogens with zero attached hydrogens (tertiary/aromatic N) is 2. The summed E-state index contributed by atoms with van der Waals surface area (Å²) in [5.41, 5.74) is 2.03. The Morgan fingerprint density at radius 1 is 1.06 bits per heavy atom. The molecule has 1 N–H and O–H groups in total. The van der Waals surface area contributed by atoms with Crippen LogP contribution in [0.1, 0.15) is 31.9 Å². The van der Waals surface area contributed by atoms with Crippen molar-refractivity contribution in [3.8, 4) is 0 Å². The lowest BCUT2D eigenvalue weighted by Gasteiger charge is -2.32. The lowest BCUT2D eigenvalue weighted by Crippen LogP contribution is -2.52. The second kappa shape index (κ2) is 11.5. The van der Waals surface area contributed by atoms with Crippen LogP contribution in [0.5, 0.6) is 0 Å². The van der Waals surface area contributed by atoms with Crippen LogP contribution in [-0.2, 0) is 26.2 Å². The molecule has 0 heterocycles. The summed E-state index contributed by atoms with van der Waals surface area (Å²) in [7, 11) is -3.76. The second-order valence-corrected chi connectivity index (χ2v) is 11.9. The topological polar surface area (TPSA) is 86.8 Å². The second-order valence-electron chi connectivity index (χ2n) is 8.19. The highest BCUT2D eigenvalue weighted by Crippen LogP contribution is 2.25. The zero-order chi connectivity index (χ0) is 24.9. The van der Waals surface area contributed by atoms with E-state index in [9.17, 15) is 18.0 Å². The highest BCUT2D eigenvalue weighted by atomic mass is 79.9. The van der Waals surface area contributed by atoms with Crippen molar-refractivity contribution < 1.29 is 18.0 Å². The van der Waals surface area contributed by atoms with E-state index in [1.807, 2.05) is 45.0 Å². The molecule has 0 saturated carbocycles. The third kappa shape index (κ3) is 7.82. The van der Waals surface area contributed by atoms with Crippen molar-refractivity contribution in [2.75, 3.05) is 17.1 Å². The van der Waals surface area contributed by atoms with Crippen LogP contribution in [0.15, 0.2) is 51.4 Å². The molecule has 0 radical (unpaired) electrons. The first-order valence-corrected chi connectivity index (χ1v) is 13.8. The van der Waals surface area contributed by atoms with Gasteiger partial charge in [0, 0.05) is 21.5 Å². The largest absolute Gasteiger partial charge is 0.352 e. The molecule has 10 heteroatoms. The predicted octanol–water partition coefficient (Wildman–Crippen LogP) is 4.23. The van der Waals surface area contributed by atoms with E-state index in [0.29, 0.717) is 5.69 Å². The molecule has 33 heavy (non-hydrogen) atoms. The highest BCUT2D eigenvalue weighted by Gasteiger charge is 2.30. The van der Waals surface area contributed by atoms with Crippen LogP contribution in [0.3, 0.4) is 0 Å². The number of benzene rings is 2. The molecule has 0 aliphatic carbocycles. The number of hydrogen-bond donors (Lipinski definition) is 1. The predicted molar refractivity (Wildman–Crippen MR) is 139 cm³/mol. The van der Waals surface area contributed by atoms with E-state index in [4.69, 9.17) is 0 Å². The van der Waals surface area contributed by atoms with Crippen LogP contribution < -0.4 is 9.62 Å². The van der Waals surface area contributed by atoms with E-state index >= 15 is 0 Å². The summed E-state index contributed by atoms with van der Waals surface area (Å²) in [6.07, 6.45) is 1.06. The number of amides is 2. The Bertz CT molecular complexity index is 1120. The molecule has 0 aliphatic rings. The SMILES string of the molecule is Cc1cc(N(CC(=O)N(Cc2cccc(Br)c2)[C@H](C)C(=O)NC(C)C)S(C)(=O)=O)ccc1Br. The van der Waals surface area contributed by atoms with Crippen molar-refractivity contribution in [2.45, 2.75) is 46.3 Å². The monoisotopic (exact) mass is 601 g/mol. The summed E-state index contributed by atoms with van der Waals surface area (Å²) in [6, 6.07) is 11.6. The Morgan fingerprint density at radius 2 is 1.73 bits per heavy atom. The maximum Gasteiger partial charge on any atom is 0.244 e. The molecule has 0 saturated heterocycles. The molecule has 2 rings (SSSR count). The van der Waals surface area contributed by atoms with Gasteiger partial charge in [-0.1, -0.05) is 44.0 Å². The number of carbonyl (C=O) groups is 2. The van der Waals surface area contributed by atoms with Gasteiger partial charge < -0.3 is 10.2 Å². The molecule has 0 unspecified atom stereocenters. The molecule has 2 aromatic carbocycles. The molecular weight excluding hydrogens is 574 g/mol. The summed E-state index contributed by atoms with van der Waals surface area (Å²) < 4.78 is 27.9. The van der Waals surface area contributed by atoms with Gasteiger partial charge in [0.1, 0.15) is 12.6 Å². The van der Waals surface area contributed by atoms with Crippen molar-refractivity contribution >= 4 is 59.4 Å². The average Bonchev–Trinajstić information content (AvgIpc) is 2.70. The van der Waals surface area contributed by atoms with Gasteiger partial charge in [0.05, 0.1) is 11.9 Å². The van der Waals surface area contributed by atoms with E-state index in [0.717, 1.165) is 30.6 Å². The number of rotatable bonds is 9. The van der Waals surface area contributed by atoms with Gasteiger partial charge in [-0.05, 0) is 69.2 Å². The number of aryl methyl sites for hydroxylation is 1. The van der Waals surface area contributed by atoms with Crippen molar-refractivity contribution in [2.24, 2.45) is 0 Å². The van der Waals surface area contributed by atoms with Gasteiger partial charge in [-0.25, -0.2) is 8.42 Å². The molecular formula is C23H29Br2N3O4S. The van der Waals surface area contributed by atoms with Crippen molar-refractivity contribution in [3.05, 3.63) is 62.5 Å². The van der Waals surface area contributed by atoms with Crippen molar-refractivity contribution in [3.63, 3.8) is 0 Å². The fraction of sp³-hybridized carbons (Fsp3) is 0.391. The van der Waals surface area contributed by atoms with E-state index < -0.39 is 28.5 Å². The van der Waals surface area contributed by atoms with Gasteiger partial charge in [0.15, 0.2) is 0 Å². The van der Waals surface area contributed by atoms with Gasteiger partial charge >= 0.3 is 0 Å². The number of anilines is 1. The standard InChI is InChI=1S/C23H29Br2N3O4S/c1-15(2)26-23(30)17(4)27(13-18-7-6-8-19(24)12-18)22(29)14-28(33(5,31)32)20-9-10-21(25)16(3)11-20/h6-12,15,17H,13-14H2,1-5H3,(H,26,30)/t17-/m1/s1. The molecule has 1 atom stereocenters. The van der Waals surface area contributed by atoms with E-state index in [1.54, 1.807) is 25.1 Å². The van der Waals surface area contributed by atoms with Gasteiger partial charge in [-0.2, -0.15) is 0 Å². The number of hydrogen-bond acceptors (Lipinski definition) is 4. The van der Waals surface area contributed by atoms with Crippen LogP contribution in [0.4, 0.5) is 5.69 Å². The molecule has 0 bridgehead atoms. The lowest BCUT2D eigenvalue weighted by molar-refractivity contribution is -0.139. The smallest absolute Gasteiger partial charge is 0.244 e. The first kappa shape index (κ1) is 27.3. The maximum atomic E-state index is 13.5. The van der Waals surface area contributed by atoms with Crippen LogP contribution in [-0.4, -0.2) is 50.0 Å². The van der Waals surface area contributed by atoms with Crippen molar-refractivity contribution in [1.29, 1.82) is 0 Å². The molecule has 2 amide bonds. The fourth-order valence-electron chi connectivity index (χ4n) is 3.22. The highest BCUT2D eigenvalue weighted by molar-refractivity contribution is 9.10. The van der Waals surface area contributed by atoms with E-state index in [2.05, 4.69) is 37.2 Å². The Hall–Kier alpha value is -1.91. The van der Waals surface area contributed by atoms with E-state index in [1.165, 1.54) is 4.90 Å². The van der Waals surface area contributed by atoms with Crippen LogP contribution >= 0.6 is 31.9 Å². The zero-order valence-corrected chi connectivity index (χ0v) is 23.3. The summed E-state index contributed by atoms with van der Waals surface area (Å²) in [5.74, 6) is -0.786. The van der Waals surface area contributed by atoms with Crippen LogP contribution in [0.25, 0.3) is 0 Å². The normalized spacial score (nSPS) is 12.4. The molecule has 0 fully saturated rings. The lowest BCUT2D eigenvalue weighted by atomic mass is 10.1. The molecule has 0 aliphatic heterocycles. The Balaban J connectivity index is 2.41. The Labute approximate surface area is 212 Å². The van der Waals surface area contributed by atoms with Gasteiger partial charge in [-0.15, -0.1) is 0 Å². The minimum Gasteiger partial charge on any atom is -0.352 e. The summed E-state index contributed by atoms with van der Waals surface area (Å²) in [4.78, 5) is 27.6. The molecule has 7 nitrogen and oxygen atoms in total. The molecule has 0 aromatic heterocycles. The first-order valence-electron chi connectivity index (χ1n) is 10.4. The minimum atomic E-state index is -3.76. The quantitative estimate of drug-likeness (QED) is 0.465. The van der Waals surface area contributed by atoms with Crippen LogP contribution in [0, 0.1) is 6.92 Å². The molecule has 0 spiro atoms. The number of sulfonamides is 1. The van der Waals surface area contributed by atoms with Gasteiger partial charge in [0.2, 0.25) is 21.8 Å². The van der Waals surface area contributed by atoms with Gasteiger partial charge in [-0.3, -0.25) is 13.9 Å². The first-order chi connectivity index (χ1) is 15.3. The van der Waals surface area contributed by atoms with Gasteiger partial charge in [0.25, 0.3) is 0 Å². The zero-order valence-electron chi connectivity index (χ0n) is 19.3. The summed E-state index contributed by atoms with van der Waals surface area (Å²) in [6.45, 7) is 6.89. The summed E-state index contributed by atoms with van der Waals surface area (Å²) >= 11 is 6.83. The fourth-order valence-corrected chi connectivity index (χ4v) is 4.75. The molecule has 180 valence electrons. The third-order valence-electron chi connectivity index (χ3n) is 4.95.